The molecule has 3 aliphatic heterocycles. The molecule has 5 N–H and O–H groups in total. The number of esters is 2. The second-order valence-electron chi connectivity index (χ2n) is 8.81. The number of phenolic OH excluding ortho intramolecular Hbond substituents is 1. The zero-order valence-corrected chi connectivity index (χ0v) is 19.6. The first-order valence-electron chi connectivity index (χ1n) is 11.5. The number of rotatable bonds is 7. The third kappa shape index (κ3) is 5.54. The highest BCUT2D eigenvalue weighted by Gasteiger charge is 2.54. The topological polar surface area (TPSA) is 181 Å². The van der Waals surface area contributed by atoms with Crippen molar-refractivity contribution in [3.05, 3.63) is 60.4 Å². The van der Waals surface area contributed by atoms with Gasteiger partial charge in [0.2, 0.25) is 6.29 Å². The quantitative estimate of drug-likeness (QED) is 0.177. The molecule has 8 atom stereocenters. The van der Waals surface area contributed by atoms with Crippen LogP contribution in [0.25, 0.3) is 6.08 Å². The minimum Gasteiger partial charge on any atom is -0.508 e. The van der Waals surface area contributed by atoms with Gasteiger partial charge in [0.15, 0.2) is 6.29 Å². The molecule has 0 aromatic heterocycles. The van der Waals surface area contributed by atoms with Crippen LogP contribution in [-0.4, -0.2) is 93.3 Å². The second kappa shape index (κ2) is 11.0. The van der Waals surface area contributed by atoms with Gasteiger partial charge in [-0.15, -0.1) is 6.58 Å². The zero-order valence-electron chi connectivity index (χ0n) is 19.6. The minimum atomic E-state index is -1.72. The SMILES string of the molecule is C=C[C@H]1[C@H](O[C@@H]2O[C@H](COC(=O)C=Cc3ccc(O)cc3)[C@@H](O)[C@H](O)[C@H]2O)OC=C2C(=O)OCC[C@]21O. The Bertz CT molecular complexity index is 1070. The highest BCUT2D eigenvalue weighted by atomic mass is 16.8. The molecule has 12 nitrogen and oxygen atoms in total. The van der Waals surface area contributed by atoms with Crippen molar-refractivity contribution < 1.29 is 58.8 Å². The smallest absolute Gasteiger partial charge is 0.340 e. The van der Waals surface area contributed by atoms with E-state index in [0.717, 1.165) is 12.3 Å². The number of benzene rings is 1. The van der Waals surface area contributed by atoms with Gasteiger partial charge in [0.1, 0.15) is 47.9 Å². The lowest BCUT2D eigenvalue weighted by atomic mass is 9.76. The molecule has 200 valence electrons. The Balaban J connectivity index is 1.40. The number of hydrogen-bond acceptors (Lipinski definition) is 12. The molecular formula is C25H28O12. The van der Waals surface area contributed by atoms with Crippen molar-refractivity contribution in [3.8, 4) is 5.75 Å². The lowest BCUT2D eigenvalue weighted by Crippen LogP contribution is -2.61. The van der Waals surface area contributed by atoms with E-state index in [1.807, 2.05) is 0 Å². The largest absolute Gasteiger partial charge is 0.508 e. The van der Waals surface area contributed by atoms with Crippen LogP contribution in [0.2, 0.25) is 0 Å². The predicted molar refractivity (Wildman–Crippen MR) is 123 cm³/mol. The molecule has 4 rings (SSSR count). The van der Waals surface area contributed by atoms with Gasteiger partial charge in [0.25, 0.3) is 0 Å². The van der Waals surface area contributed by atoms with Crippen molar-refractivity contribution >= 4 is 18.0 Å². The Morgan fingerprint density at radius 1 is 1.14 bits per heavy atom. The average Bonchev–Trinajstić information content (AvgIpc) is 2.87. The van der Waals surface area contributed by atoms with Crippen LogP contribution in [0.1, 0.15) is 12.0 Å². The number of carbonyl (C=O) groups excluding carboxylic acids is 2. The van der Waals surface area contributed by atoms with E-state index in [9.17, 15) is 35.1 Å². The number of aliphatic hydroxyl groups is 4. The van der Waals surface area contributed by atoms with E-state index in [0.29, 0.717) is 5.56 Å². The van der Waals surface area contributed by atoms with E-state index in [1.54, 1.807) is 12.1 Å². The summed E-state index contributed by atoms with van der Waals surface area (Å²) >= 11 is 0. The maximum atomic E-state index is 12.1. The standard InChI is InChI=1S/C25H28O12/c1-2-15-23(35-11-16-22(31)33-10-9-25(15,16)32)37-24-21(30)20(29)19(28)17(36-24)12-34-18(27)8-5-13-3-6-14(26)7-4-13/h2-8,11,15,17,19-21,23-24,26,28-30,32H,1,9-10,12H2/t15-,17+,19+,20-,21+,23-,24-,25+/m0/s1. The molecule has 3 heterocycles. The fourth-order valence-corrected chi connectivity index (χ4v) is 4.31. The molecular weight excluding hydrogens is 492 g/mol. The lowest BCUT2D eigenvalue weighted by molar-refractivity contribution is -0.344. The number of aliphatic hydroxyl groups excluding tert-OH is 3. The van der Waals surface area contributed by atoms with Gasteiger partial charge in [0.05, 0.1) is 18.8 Å². The normalized spacial score (nSPS) is 35.6. The maximum absolute atomic E-state index is 12.1. The summed E-state index contributed by atoms with van der Waals surface area (Å²) in [5.41, 5.74) is -1.17. The van der Waals surface area contributed by atoms with Gasteiger partial charge in [-0.3, -0.25) is 0 Å². The number of ether oxygens (including phenoxy) is 5. The number of cyclic esters (lactones) is 1. The summed E-state index contributed by atoms with van der Waals surface area (Å²) in [6.45, 7) is 3.15. The molecule has 0 radical (unpaired) electrons. The lowest BCUT2D eigenvalue weighted by Gasteiger charge is -2.46. The molecule has 0 saturated carbocycles. The van der Waals surface area contributed by atoms with Crippen molar-refractivity contribution in [2.45, 2.75) is 49.0 Å². The summed E-state index contributed by atoms with van der Waals surface area (Å²) in [7, 11) is 0. The number of phenols is 1. The first-order valence-corrected chi connectivity index (χ1v) is 11.5. The Kier molecular flexibility index (Phi) is 7.97. The van der Waals surface area contributed by atoms with E-state index in [1.165, 1.54) is 24.3 Å². The predicted octanol–water partition coefficient (Wildman–Crippen LogP) is -0.507. The van der Waals surface area contributed by atoms with Crippen molar-refractivity contribution in [3.63, 3.8) is 0 Å². The van der Waals surface area contributed by atoms with Gasteiger partial charge in [-0.1, -0.05) is 18.2 Å². The number of aromatic hydroxyl groups is 1. The molecule has 37 heavy (non-hydrogen) atoms. The van der Waals surface area contributed by atoms with Crippen LogP contribution < -0.4 is 0 Å². The van der Waals surface area contributed by atoms with E-state index in [2.05, 4.69) is 6.58 Å². The Morgan fingerprint density at radius 2 is 1.86 bits per heavy atom. The highest BCUT2D eigenvalue weighted by molar-refractivity contribution is 5.91. The van der Waals surface area contributed by atoms with Crippen LogP contribution in [-0.2, 0) is 33.3 Å². The highest BCUT2D eigenvalue weighted by Crippen LogP contribution is 2.42. The van der Waals surface area contributed by atoms with Crippen LogP contribution in [0.3, 0.4) is 0 Å². The van der Waals surface area contributed by atoms with Crippen molar-refractivity contribution in [2.24, 2.45) is 5.92 Å². The van der Waals surface area contributed by atoms with Gasteiger partial charge in [0, 0.05) is 12.5 Å². The van der Waals surface area contributed by atoms with Gasteiger partial charge in [-0.05, 0) is 23.8 Å². The van der Waals surface area contributed by atoms with Crippen molar-refractivity contribution in [1.29, 1.82) is 0 Å². The Hall–Kier alpha value is -3.26. The van der Waals surface area contributed by atoms with Gasteiger partial charge < -0.3 is 49.2 Å². The molecule has 0 aliphatic carbocycles. The monoisotopic (exact) mass is 520 g/mol. The van der Waals surface area contributed by atoms with Crippen LogP contribution >= 0.6 is 0 Å². The van der Waals surface area contributed by atoms with Crippen LogP contribution in [0, 0.1) is 5.92 Å². The molecule has 12 heteroatoms. The van der Waals surface area contributed by atoms with E-state index in [-0.39, 0.29) is 24.4 Å². The third-order valence-electron chi connectivity index (χ3n) is 6.45. The van der Waals surface area contributed by atoms with E-state index in [4.69, 9.17) is 23.7 Å². The first-order chi connectivity index (χ1) is 17.6. The van der Waals surface area contributed by atoms with Crippen LogP contribution in [0.4, 0.5) is 0 Å². The third-order valence-corrected chi connectivity index (χ3v) is 6.45. The summed E-state index contributed by atoms with van der Waals surface area (Å²) in [4.78, 5) is 24.2. The van der Waals surface area contributed by atoms with Crippen molar-refractivity contribution in [2.75, 3.05) is 13.2 Å². The second-order valence-corrected chi connectivity index (χ2v) is 8.81. The van der Waals surface area contributed by atoms with Gasteiger partial charge >= 0.3 is 11.9 Å². The molecule has 0 amide bonds. The minimum absolute atomic E-state index is 0.0359. The number of hydrogen-bond donors (Lipinski definition) is 5. The Morgan fingerprint density at radius 3 is 2.57 bits per heavy atom. The molecule has 0 bridgehead atoms. The number of fused-ring (bicyclic) bond motifs is 1. The molecule has 2 fully saturated rings. The van der Waals surface area contributed by atoms with Crippen molar-refractivity contribution in [1.82, 2.24) is 0 Å². The summed E-state index contributed by atoms with van der Waals surface area (Å²) in [5.74, 6) is -2.41. The summed E-state index contributed by atoms with van der Waals surface area (Å²) in [6, 6.07) is 6.07. The molecule has 3 aliphatic rings. The fourth-order valence-electron chi connectivity index (χ4n) is 4.31. The van der Waals surface area contributed by atoms with Crippen LogP contribution in [0.5, 0.6) is 5.75 Å². The molecule has 1 aromatic carbocycles. The fraction of sp³-hybridized carbons (Fsp3) is 0.440. The van der Waals surface area contributed by atoms with Gasteiger partial charge in [-0.25, -0.2) is 9.59 Å². The molecule has 2 saturated heterocycles. The molecule has 1 aromatic rings. The molecule has 0 spiro atoms. The maximum Gasteiger partial charge on any atom is 0.340 e. The first kappa shape index (κ1) is 26.8. The van der Waals surface area contributed by atoms with Gasteiger partial charge in [-0.2, -0.15) is 0 Å². The summed E-state index contributed by atoms with van der Waals surface area (Å²) in [6.07, 6.45) is -4.21. The summed E-state index contributed by atoms with van der Waals surface area (Å²) < 4.78 is 26.8. The average molecular weight is 520 g/mol. The van der Waals surface area contributed by atoms with Crippen LogP contribution in [0.15, 0.2) is 54.8 Å². The Labute approximate surface area is 211 Å². The summed E-state index contributed by atoms with van der Waals surface area (Å²) in [5, 5.41) is 51.6. The number of carbonyl (C=O) groups is 2. The zero-order chi connectivity index (χ0) is 26.7. The molecule has 0 unspecified atom stereocenters. The van der Waals surface area contributed by atoms with E-state index < -0.39 is 67.1 Å². The van der Waals surface area contributed by atoms with E-state index >= 15 is 0 Å².